The van der Waals surface area contributed by atoms with Gasteiger partial charge in [0, 0.05) is 37.0 Å². The van der Waals surface area contributed by atoms with Crippen molar-refractivity contribution in [2.24, 2.45) is 5.92 Å². The molecule has 0 atom stereocenters. The molecule has 4 rings (SSSR count). The summed E-state index contributed by atoms with van der Waals surface area (Å²) < 4.78 is 27.6. The highest BCUT2D eigenvalue weighted by Crippen LogP contribution is 2.34. The molecule has 28 heavy (non-hydrogen) atoms. The van der Waals surface area contributed by atoms with E-state index in [0.29, 0.717) is 37.4 Å². The zero-order valence-corrected chi connectivity index (χ0v) is 17.4. The van der Waals surface area contributed by atoms with Crippen molar-refractivity contribution in [1.29, 1.82) is 0 Å². The number of piperidine rings is 2. The van der Waals surface area contributed by atoms with E-state index in [2.05, 4.69) is 5.32 Å². The van der Waals surface area contributed by atoms with E-state index < -0.39 is 10.0 Å². The van der Waals surface area contributed by atoms with Crippen molar-refractivity contribution in [2.75, 3.05) is 37.2 Å². The van der Waals surface area contributed by atoms with E-state index >= 15 is 0 Å². The van der Waals surface area contributed by atoms with Crippen molar-refractivity contribution in [2.45, 2.75) is 41.9 Å². The molecule has 2 amide bonds. The molecule has 0 spiro atoms. The van der Waals surface area contributed by atoms with Gasteiger partial charge in [-0.05, 0) is 50.3 Å². The van der Waals surface area contributed by atoms with Crippen LogP contribution in [0.2, 0.25) is 0 Å². The molecule has 1 aromatic rings. The Morgan fingerprint density at radius 1 is 1.07 bits per heavy atom. The molecule has 3 aliphatic heterocycles. The van der Waals surface area contributed by atoms with Crippen LogP contribution in [-0.4, -0.2) is 61.4 Å². The molecule has 2 fully saturated rings. The van der Waals surface area contributed by atoms with Gasteiger partial charge in [-0.1, -0.05) is 0 Å². The third kappa shape index (κ3) is 3.92. The van der Waals surface area contributed by atoms with E-state index in [1.54, 1.807) is 18.2 Å². The van der Waals surface area contributed by atoms with Gasteiger partial charge < -0.3 is 10.2 Å². The molecular weight excluding hydrogens is 398 g/mol. The number of carbonyl (C=O) groups is 2. The number of sulfonamides is 1. The molecule has 3 heterocycles. The second kappa shape index (κ2) is 8.04. The Hall–Kier alpha value is -1.58. The molecule has 0 radical (unpaired) electrons. The predicted octanol–water partition coefficient (Wildman–Crippen LogP) is 2.14. The Morgan fingerprint density at radius 3 is 2.50 bits per heavy atom. The molecule has 0 saturated carbocycles. The lowest BCUT2D eigenvalue weighted by Crippen LogP contribution is -2.45. The lowest BCUT2D eigenvalue weighted by molar-refractivity contribution is -0.137. The molecule has 1 aromatic carbocycles. The Labute approximate surface area is 169 Å². The standard InChI is InChI=1S/C19H25N3O4S2/c23-18-13-27-17-5-4-15(12-16(17)20-18)28(25,26)22-10-6-14(7-11-22)19(24)21-8-2-1-3-9-21/h4-5,12,14H,1-3,6-11,13H2,(H,20,23). The number of nitrogens with one attached hydrogen (secondary N) is 1. The van der Waals surface area contributed by atoms with Gasteiger partial charge in [0.25, 0.3) is 0 Å². The zero-order valence-electron chi connectivity index (χ0n) is 15.7. The first-order valence-corrected chi connectivity index (χ1v) is 12.2. The number of hydrogen-bond donors (Lipinski definition) is 1. The van der Waals surface area contributed by atoms with E-state index in [1.165, 1.54) is 22.5 Å². The minimum Gasteiger partial charge on any atom is -0.342 e. The van der Waals surface area contributed by atoms with Gasteiger partial charge in [-0.25, -0.2) is 8.42 Å². The number of likely N-dealkylation sites (tertiary alicyclic amines) is 1. The maximum Gasteiger partial charge on any atom is 0.243 e. The third-order valence-electron chi connectivity index (χ3n) is 5.69. The van der Waals surface area contributed by atoms with Crippen molar-refractivity contribution >= 4 is 39.3 Å². The van der Waals surface area contributed by atoms with Crippen LogP contribution >= 0.6 is 11.8 Å². The van der Waals surface area contributed by atoms with Gasteiger partial charge in [0.15, 0.2) is 0 Å². The maximum absolute atomic E-state index is 13.0. The van der Waals surface area contributed by atoms with Crippen molar-refractivity contribution in [3.8, 4) is 0 Å². The van der Waals surface area contributed by atoms with E-state index in [9.17, 15) is 18.0 Å². The summed E-state index contributed by atoms with van der Waals surface area (Å²) in [6.07, 6.45) is 4.43. The van der Waals surface area contributed by atoms with Crippen molar-refractivity contribution in [3.05, 3.63) is 18.2 Å². The summed E-state index contributed by atoms with van der Waals surface area (Å²) in [5.74, 6) is 0.329. The number of fused-ring (bicyclic) bond motifs is 1. The van der Waals surface area contributed by atoms with Crippen LogP contribution in [-0.2, 0) is 19.6 Å². The summed E-state index contributed by atoms with van der Waals surface area (Å²) in [6, 6.07) is 4.89. The van der Waals surface area contributed by atoms with Gasteiger partial charge in [0.05, 0.1) is 16.3 Å². The molecule has 152 valence electrons. The third-order valence-corrected chi connectivity index (χ3v) is 8.66. The Kier molecular flexibility index (Phi) is 5.66. The zero-order chi connectivity index (χ0) is 19.7. The number of rotatable bonds is 3. The van der Waals surface area contributed by atoms with Crippen LogP contribution in [0.4, 0.5) is 5.69 Å². The quantitative estimate of drug-likeness (QED) is 0.805. The van der Waals surface area contributed by atoms with E-state index in [-0.39, 0.29) is 22.6 Å². The van der Waals surface area contributed by atoms with Crippen LogP contribution in [0.3, 0.4) is 0 Å². The van der Waals surface area contributed by atoms with Gasteiger partial charge in [-0.3, -0.25) is 9.59 Å². The fourth-order valence-corrected chi connectivity index (χ4v) is 6.37. The van der Waals surface area contributed by atoms with E-state index in [0.717, 1.165) is 30.8 Å². The lowest BCUT2D eigenvalue weighted by Gasteiger charge is -2.35. The SMILES string of the molecule is O=C1CSc2ccc(S(=O)(=O)N3CCC(C(=O)N4CCCCC4)CC3)cc2N1. The maximum atomic E-state index is 13.0. The smallest absolute Gasteiger partial charge is 0.243 e. The second-order valence-electron chi connectivity index (χ2n) is 7.56. The fourth-order valence-electron chi connectivity index (χ4n) is 4.09. The number of benzene rings is 1. The second-order valence-corrected chi connectivity index (χ2v) is 10.5. The van der Waals surface area contributed by atoms with Crippen LogP contribution in [0.5, 0.6) is 0 Å². The molecule has 1 N–H and O–H groups in total. The lowest BCUT2D eigenvalue weighted by atomic mass is 9.95. The van der Waals surface area contributed by atoms with Crippen molar-refractivity contribution in [1.82, 2.24) is 9.21 Å². The summed E-state index contributed by atoms with van der Waals surface area (Å²) in [7, 11) is -3.64. The first-order valence-electron chi connectivity index (χ1n) is 9.81. The average molecular weight is 424 g/mol. The van der Waals surface area contributed by atoms with Gasteiger partial charge in [-0.2, -0.15) is 4.31 Å². The molecule has 9 heteroatoms. The summed E-state index contributed by atoms with van der Waals surface area (Å²) in [5.41, 5.74) is 0.553. The van der Waals surface area contributed by atoms with Crippen LogP contribution in [0.15, 0.2) is 28.0 Å². The minimum absolute atomic E-state index is 0.0798. The van der Waals surface area contributed by atoms with Crippen LogP contribution in [0, 0.1) is 5.92 Å². The summed E-state index contributed by atoms with van der Waals surface area (Å²) in [5, 5.41) is 2.74. The van der Waals surface area contributed by atoms with Crippen LogP contribution < -0.4 is 5.32 Å². The highest BCUT2D eigenvalue weighted by atomic mass is 32.2. The molecule has 0 unspecified atom stereocenters. The Bertz CT molecular complexity index is 873. The summed E-state index contributed by atoms with van der Waals surface area (Å²) >= 11 is 1.41. The van der Waals surface area contributed by atoms with Gasteiger partial charge in [0.2, 0.25) is 21.8 Å². The molecule has 0 bridgehead atoms. The molecule has 0 aliphatic carbocycles. The molecule has 7 nitrogen and oxygen atoms in total. The molecule has 3 aliphatic rings. The van der Waals surface area contributed by atoms with Crippen molar-refractivity contribution < 1.29 is 18.0 Å². The Balaban J connectivity index is 1.43. The monoisotopic (exact) mass is 423 g/mol. The molecule has 0 aromatic heterocycles. The topological polar surface area (TPSA) is 86.8 Å². The first kappa shape index (κ1) is 19.7. The summed E-state index contributed by atoms with van der Waals surface area (Å²) in [4.78, 5) is 27.3. The number of thioether (sulfide) groups is 1. The van der Waals surface area contributed by atoms with Gasteiger partial charge in [0.1, 0.15) is 0 Å². The predicted molar refractivity (Wildman–Crippen MR) is 108 cm³/mol. The number of nitrogens with zero attached hydrogens (tertiary/aromatic N) is 2. The highest BCUT2D eigenvalue weighted by Gasteiger charge is 2.34. The van der Waals surface area contributed by atoms with E-state index in [4.69, 9.17) is 0 Å². The van der Waals surface area contributed by atoms with Crippen LogP contribution in [0.1, 0.15) is 32.1 Å². The average Bonchev–Trinajstić information content (AvgIpc) is 2.73. The first-order chi connectivity index (χ1) is 13.4. The highest BCUT2D eigenvalue weighted by molar-refractivity contribution is 8.00. The van der Waals surface area contributed by atoms with E-state index in [1.807, 2.05) is 4.90 Å². The van der Waals surface area contributed by atoms with Gasteiger partial charge in [-0.15, -0.1) is 11.8 Å². The minimum atomic E-state index is -3.64. The van der Waals surface area contributed by atoms with Crippen LogP contribution in [0.25, 0.3) is 0 Å². The largest absolute Gasteiger partial charge is 0.342 e. The summed E-state index contributed by atoms with van der Waals surface area (Å²) in [6.45, 7) is 2.36. The number of carbonyl (C=O) groups excluding carboxylic acids is 2. The number of amides is 2. The normalized spacial score (nSPS) is 21.9. The van der Waals surface area contributed by atoms with Crippen molar-refractivity contribution in [3.63, 3.8) is 0 Å². The number of hydrogen-bond acceptors (Lipinski definition) is 5. The fraction of sp³-hybridized carbons (Fsp3) is 0.579. The molecule has 2 saturated heterocycles. The Morgan fingerprint density at radius 2 is 1.79 bits per heavy atom. The van der Waals surface area contributed by atoms with Gasteiger partial charge >= 0.3 is 0 Å². The number of anilines is 1. The molecular formula is C19H25N3O4S2.